The number of halogens is 2. The molecule has 0 N–H and O–H groups in total. The van der Waals surface area contributed by atoms with Gasteiger partial charge in [0.1, 0.15) is 11.1 Å². The first-order chi connectivity index (χ1) is 16.2. The van der Waals surface area contributed by atoms with Gasteiger partial charge in [0.05, 0.1) is 15.6 Å². The fraction of sp³-hybridized carbons (Fsp3) is 0.444. The smallest absolute Gasteiger partial charge is 0.232 e. The molecule has 0 unspecified atom stereocenters. The Morgan fingerprint density at radius 1 is 1.12 bits per heavy atom. The Balaban J connectivity index is 1.72. The van der Waals surface area contributed by atoms with E-state index < -0.39 is 5.92 Å². The van der Waals surface area contributed by atoms with Crippen molar-refractivity contribution in [1.82, 2.24) is 0 Å². The van der Waals surface area contributed by atoms with Crippen molar-refractivity contribution >= 4 is 51.2 Å². The van der Waals surface area contributed by atoms with Crippen LogP contribution in [0.25, 0.3) is 0 Å². The standard InChI is InChI=1S/C27H26Cl2N2O2S/c1-27(2)12-20-24(21(32)13-27)17(16-8-6-9-19(28)25(16)29)11-23(33)31(20)26-18(14-30)15-7-4-3-5-10-22(15)34-26/h6,8-9,17H,3-5,7,10-13H2,1-2H3/t17-/m1/s1. The Labute approximate surface area is 214 Å². The number of aryl methyl sites for hydroxylation is 1. The second-order valence-corrected chi connectivity index (χ2v) is 12.2. The first kappa shape index (κ1) is 23.6. The quantitative estimate of drug-likeness (QED) is 0.394. The maximum atomic E-state index is 13.8. The molecular formula is C27H26Cl2N2O2S. The van der Waals surface area contributed by atoms with Crippen LogP contribution in [-0.4, -0.2) is 11.7 Å². The Morgan fingerprint density at radius 3 is 2.65 bits per heavy atom. The minimum absolute atomic E-state index is 0.0430. The molecule has 1 amide bonds. The highest BCUT2D eigenvalue weighted by Gasteiger charge is 2.46. The van der Waals surface area contributed by atoms with Crippen molar-refractivity contribution < 1.29 is 9.59 Å². The van der Waals surface area contributed by atoms with Gasteiger partial charge in [0.25, 0.3) is 0 Å². The van der Waals surface area contributed by atoms with Gasteiger partial charge in [-0.15, -0.1) is 11.3 Å². The molecule has 1 aromatic heterocycles. The van der Waals surface area contributed by atoms with E-state index in [1.54, 1.807) is 22.3 Å². The van der Waals surface area contributed by atoms with Crippen LogP contribution in [0.3, 0.4) is 0 Å². The summed E-state index contributed by atoms with van der Waals surface area (Å²) >= 11 is 14.4. The van der Waals surface area contributed by atoms with Crippen molar-refractivity contribution in [3.05, 3.63) is 61.1 Å². The summed E-state index contributed by atoms with van der Waals surface area (Å²) in [6.07, 6.45) is 6.24. The molecule has 176 valence electrons. The summed E-state index contributed by atoms with van der Waals surface area (Å²) in [6, 6.07) is 7.78. The van der Waals surface area contributed by atoms with E-state index >= 15 is 0 Å². The lowest BCUT2D eigenvalue weighted by Crippen LogP contribution is -2.43. The maximum Gasteiger partial charge on any atom is 0.232 e. The Morgan fingerprint density at radius 2 is 1.88 bits per heavy atom. The number of thiophene rings is 1. The number of carbonyl (C=O) groups is 2. The number of allylic oxidation sites excluding steroid dienone is 2. The van der Waals surface area contributed by atoms with Crippen molar-refractivity contribution in [2.75, 3.05) is 4.90 Å². The molecule has 1 aliphatic heterocycles. The molecule has 34 heavy (non-hydrogen) atoms. The first-order valence-electron chi connectivity index (χ1n) is 11.8. The van der Waals surface area contributed by atoms with Crippen LogP contribution < -0.4 is 4.90 Å². The van der Waals surface area contributed by atoms with E-state index in [2.05, 4.69) is 19.9 Å². The van der Waals surface area contributed by atoms with E-state index in [0.29, 0.717) is 44.6 Å². The number of benzene rings is 1. The minimum Gasteiger partial charge on any atom is -0.294 e. The highest BCUT2D eigenvalue weighted by atomic mass is 35.5. The van der Waals surface area contributed by atoms with Crippen molar-refractivity contribution in [3.63, 3.8) is 0 Å². The van der Waals surface area contributed by atoms with Gasteiger partial charge in [-0.25, -0.2) is 0 Å². The average molecular weight is 513 g/mol. The van der Waals surface area contributed by atoms with Crippen molar-refractivity contribution in [2.24, 2.45) is 5.41 Å². The van der Waals surface area contributed by atoms with Gasteiger partial charge in [-0.2, -0.15) is 5.26 Å². The van der Waals surface area contributed by atoms with Crippen molar-refractivity contribution in [1.29, 1.82) is 5.26 Å². The lowest BCUT2D eigenvalue weighted by Gasteiger charge is -2.42. The normalized spacial score (nSPS) is 22.2. The predicted octanol–water partition coefficient (Wildman–Crippen LogP) is 7.36. The molecule has 7 heteroatoms. The summed E-state index contributed by atoms with van der Waals surface area (Å²) in [5.74, 6) is -0.489. The fourth-order valence-electron chi connectivity index (χ4n) is 5.71. The van der Waals surface area contributed by atoms with E-state index in [0.717, 1.165) is 43.4 Å². The van der Waals surface area contributed by atoms with Crippen LogP contribution in [0.2, 0.25) is 10.0 Å². The number of fused-ring (bicyclic) bond motifs is 1. The molecule has 5 rings (SSSR count). The number of amides is 1. The van der Waals surface area contributed by atoms with Gasteiger partial charge in [-0.05, 0) is 54.7 Å². The lowest BCUT2D eigenvalue weighted by atomic mass is 9.69. The molecule has 0 bridgehead atoms. The molecule has 0 radical (unpaired) electrons. The number of anilines is 1. The van der Waals surface area contributed by atoms with Gasteiger partial charge >= 0.3 is 0 Å². The predicted molar refractivity (Wildman–Crippen MR) is 137 cm³/mol. The topological polar surface area (TPSA) is 61.2 Å². The van der Waals surface area contributed by atoms with Gasteiger partial charge in [0, 0.05) is 34.9 Å². The number of nitrogens with zero attached hydrogens (tertiary/aromatic N) is 2. The molecule has 0 fully saturated rings. The zero-order valence-corrected chi connectivity index (χ0v) is 21.7. The number of rotatable bonds is 2. The molecule has 0 saturated carbocycles. The highest BCUT2D eigenvalue weighted by molar-refractivity contribution is 7.16. The van der Waals surface area contributed by atoms with Crippen LogP contribution >= 0.6 is 34.5 Å². The number of carbonyl (C=O) groups excluding carboxylic acids is 2. The average Bonchev–Trinajstić information content (AvgIpc) is 2.94. The van der Waals surface area contributed by atoms with Crippen LogP contribution in [0, 0.1) is 16.7 Å². The molecule has 2 aliphatic carbocycles. The Bertz CT molecular complexity index is 1280. The molecule has 3 aliphatic rings. The summed E-state index contributed by atoms with van der Waals surface area (Å²) in [6.45, 7) is 4.12. The first-order valence-corrected chi connectivity index (χ1v) is 13.4. The molecule has 1 atom stereocenters. The third-order valence-electron chi connectivity index (χ3n) is 7.22. The Hall–Kier alpha value is -2.13. The molecule has 2 heterocycles. The monoisotopic (exact) mass is 512 g/mol. The van der Waals surface area contributed by atoms with E-state index in [1.165, 1.54) is 4.88 Å². The van der Waals surface area contributed by atoms with Gasteiger partial charge in [0.2, 0.25) is 5.91 Å². The van der Waals surface area contributed by atoms with Gasteiger partial charge < -0.3 is 0 Å². The summed E-state index contributed by atoms with van der Waals surface area (Å²) in [7, 11) is 0. The highest BCUT2D eigenvalue weighted by Crippen LogP contribution is 2.52. The summed E-state index contributed by atoms with van der Waals surface area (Å²) in [5, 5.41) is 11.6. The molecule has 4 nitrogen and oxygen atoms in total. The van der Waals surface area contributed by atoms with E-state index in [1.807, 2.05) is 12.1 Å². The zero-order chi connectivity index (χ0) is 24.2. The molecule has 0 spiro atoms. The third kappa shape index (κ3) is 3.90. The third-order valence-corrected chi connectivity index (χ3v) is 9.33. The largest absolute Gasteiger partial charge is 0.294 e. The van der Waals surface area contributed by atoms with E-state index in [9.17, 15) is 14.9 Å². The summed E-state index contributed by atoms with van der Waals surface area (Å²) in [4.78, 5) is 30.3. The van der Waals surface area contributed by atoms with Crippen molar-refractivity contribution in [3.8, 4) is 6.07 Å². The number of ketones is 1. The number of hydrogen-bond donors (Lipinski definition) is 0. The van der Waals surface area contributed by atoms with Crippen LogP contribution in [-0.2, 0) is 22.4 Å². The molecular weight excluding hydrogens is 487 g/mol. The van der Waals surface area contributed by atoms with Gasteiger partial charge in [-0.3, -0.25) is 14.5 Å². The minimum atomic E-state index is -0.433. The second-order valence-electron chi connectivity index (χ2n) is 10.3. The van der Waals surface area contributed by atoms with Gasteiger partial charge in [0.15, 0.2) is 5.78 Å². The number of nitriles is 1. The molecule has 2 aromatic rings. The fourth-order valence-corrected chi connectivity index (χ4v) is 7.53. The molecule has 0 saturated heterocycles. The maximum absolute atomic E-state index is 13.8. The number of Topliss-reactive ketones (excluding diaryl/α,β-unsaturated/α-hetero) is 1. The van der Waals surface area contributed by atoms with Crippen LogP contribution in [0.15, 0.2) is 29.5 Å². The Kier molecular flexibility index (Phi) is 6.13. The van der Waals surface area contributed by atoms with Crippen molar-refractivity contribution in [2.45, 2.75) is 71.1 Å². The van der Waals surface area contributed by atoms with Crippen LogP contribution in [0.4, 0.5) is 5.00 Å². The van der Waals surface area contributed by atoms with E-state index in [4.69, 9.17) is 23.2 Å². The van der Waals surface area contributed by atoms with Gasteiger partial charge in [-0.1, -0.05) is 55.6 Å². The number of hydrogen-bond acceptors (Lipinski definition) is 4. The lowest BCUT2D eigenvalue weighted by molar-refractivity contribution is -0.120. The second kappa shape index (κ2) is 8.82. The van der Waals surface area contributed by atoms with E-state index in [-0.39, 0.29) is 23.5 Å². The SMILES string of the molecule is CC1(C)CC(=O)C2=C(C1)N(c1sc3c(c1C#N)CCCCC3)C(=O)C[C@@H]2c1cccc(Cl)c1Cl. The van der Waals surface area contributed by atoms with Crippen LogP contribution in [0.5, 0.6) is 0 Å². The summed E-state index contributed by atoms with van der Waals surface area (Å²) in [5.41, 5.74) is 3.51. The zero-order valence-electron chi connectivity index (χ0n) is 19.3. The summed E-state index contributed by atoms with van der Waals surface area (Å²) < 4.78 is 0. The molecule has 1 aromatic carbocycles. The van der Waals surface area contributed by atoms with Crippen LogP contribution in [0.1, 0.15) is 79.9 Å².